The van der Waals surface area contributed by atoms with Crippen LogP contribution < -0.4 is 5.32 Å². The van der Waals surface area contributed by atoms with Crippen LogP contribution in [-0.4, -0.2) is 10.9 Å². The van der Waals surface area contributed by atoms with Crippen LogP contribution in [0.5, 0.6) is 0 Å². The van der Waals surface area contributed by atoms with Crippen molar-refractivity contribution in [3.63, 3.8) is 0 Å². The first-order valence-electron chi connectivity index (χ1n) is 5.65. The molecule has 1 heterocycles. The molecule has 0 fully saturated rings. The zero-order chi connectivity index (χ0) is 14.7. The van der Waals surface area contributed by atoms with E-state index in [4.69, 9.17) is 28.5 Å². The fraction of sp³-hybridized carbons (Fsp3) is 0.0714. The Balaban J connectivity index is 2.30. The van der Waals surface area contributed by atoms with Gasteiger partial charge in [-0.15, -0.1) is 0 Å². The molecule has 100 valence electrons. The largest absolute Gasteiger partial charge is 0.321 e. The lowest BCUT2D eigenvalue weighted by molar-refractivity contribution is 0.102. The van der Waals surface area contributed by atoms with Crippen molar-refractivity contribution in [2.24, 2.45) is 0 Å². The zero-order valence-electron chi connectivity index (χ0n) is 10.4. The SMILES string of the molecule is Cc1cc(C(=O)Nc2cc(C#N)ccc2Cl)cc(Cl)n1. The number of aryl methyl sites for hydroxylation is 1. The third kappa shape index (κ3) is 3.27. The molecule has 0 aliphatic rings. The van der Waals surface area contributed by atoms with Crippen LogP contribution in [0.2, 0.25) is 10.2 Å². The number of nitrogens with one attached hydrogen (secondary N) is 1. The number of rotatable bonds is 2. The molecule has 0 unspecified atom stereocenters. The van der Waals surface area contributed by atoms with Gasteiger partial charge < -0.3 is 5.32 Å². The molecule has 1 N–H and O–H groups in total. The van der Waals surface area contributed by atoms with Crippen molar-refractivity contribution < 1.29 is 4.79 Å². The summed E-state index contributed by atoms with van der Waals surface area (Å²) in [6, 6.07) is 9.70. The second-order valence-electron chi connectivity index (χ2n) is 4.08. The lowest BCUT2D eigenvalue weighted by Crippen LogP contribution is -2.13. The lowest BCUT2D eigenvalue weighted by Gasteiger charge is -2.08. The number of pyridine rings is 1. The minimum atomic E-state index is -0.366. The smallest absolute Gasteiger partial charge is 0.255 e. The molecule has 0 spiro atoms. The molecular weight excluding hydrogens is 297 g/mol. The summed E-state index contributed by atoms with van der Waals surface area (Å²) in [5.41, 5.74) is 1.80. The molecule has 1 aromatic heterocycles. The quantitative estimate of drug-likeness (QED) is 0.858. The Morgan fingerprint density at radius 2 is 2.05 bits per heavy atom. The van der Waals surface area contributed by atoms with Gasteiger partial charge in [0, 0.05) is 11.3 Å². The van der Waals surface area contributed by atoms with Gasteiger partial charge in [0.2, 0.25) is 0 Å². The molecule has 0 saturated heterocycles. The van der Waals surface area contributed by atoms with E-state index in [0.29, 0.717) is 27.5 Å². The number of halogens is 2. The molecule has 6 heteroatoms. The van der Waals surface area contributed by atoms with Gasteiger partial charge in [-0.3, -0.25) is 4.79 Å². The van der Waals surface area contributed by atoms with Crippen LogP contribution in [0, 0.1) is 18.3 Å². The summed E-state index contributed by atoms with van der Waals surface area (Å²) in [5, 5.41) is 12.1. The Morgan fingerprint density at radius 1 is 1.30 bits per heavy atom. The van der Waals surface area contributed by atoms with E-state index in [-0.39, 0.29) is 11.1 Å². The van der Waals surface area contributed by atoms with Crippen LogP contribution in [0.1, 0.15) is 21.6 Å². The van der Waals surface area contributed by atoms with Crippen molar-refractivity contribution in [1.82, 2.24) is 4.98 Å². The lowest BCUT2D eigenvalue weighted by atomic mass is 10.2. The third-order valence-electron chi connectivity index (χ3n) is 2.53. The Labute approximate surface area is 126 Å². The maximum atomic E-state index is 12.1. The van der Waals surface area contributed by atoms with E-state index in [2.05, 4.69) is 10.3 Å². The molecule has 20 heavy (non-hydrogen) atoms. The van der Waals surface area contributed by atoms with Crippen molar-refractivity contribution in [1.29, 1.82) is 5.26 Å². The van der Waals surface area contributed by atoms with E-state index in [1.54, 1.807) is 25.1 Å². The van der Waals surface area contributed by atoms with Gasteiger partial charge in [-0.1, -0.05) is 23.2 Å². The molecule has 0 radical (unpaired) electrons. The second-order valence-corrected chi connectivity index (χ2v) is 4.87. The van der Waals surface area contributed by atoms with Crippen molar-refractivity contribution in [3.05, 3.63) is 57.3 Å². The highest BCUT2D eigenvalue weighted by Gasteiger charge is 2.11. The van der Waals surface area contributed by atoms with Crippen LogP contribution in [0.15, 0.2) is 30.3 Å². The van der Waals surface area contributed by atoms with E-state index in [0.717, 1.165) is 0 Å². The van der Waals surface area contributed by atoms with Crippen molar-refractivity contribution in [2.45, 2.75) is 6.92 Å². The second kappa shape index (κ2) is 5.91. The summed E-state index contributed by atoms with van der Waals surface area (Å²) < 4.78 is 0. The van der Waals surface area contributed by atoms with Gasteiger partial charge in [-0.25, -0.2) is 4.98 Å². The third-order valence-corrected chi connectivity index (χ3v) is 3.05. The Morgan fingerprint density at radius 3 is 2.70 bits per heavy atom. The van der Waals surface area contributed by atoms with Gasteiger partial charge in [0.1, 0.15) is 5.15 Å². The molecule has 2 rings (SSSR count). The molecular formula is C14H9Cl2N3O. The highest BCUT2D eigenvalue weighted by Crippen LogP contribution is 2.23. The fourth-order valence-corrected chi connectivity index (χ4v) is 2.06. The minimum Gasteiger partial charge on any atom is -0.321 e. The van der Waals surface area contributed by atoms with Gasteiger partial charge in [0.25, 0.3) is 5.91 Å². The summed E-state index contributed by atoms with van der Waals surface area (Å²) in [6.07, 6.45) is 0. The average molecular weight is 306 g/mol. The van der Waals surface area contributed by atoms with Gasteiger partial charge in [0.15, 0.2) is 0 Å². The Kier molecular flexibility index (Phi) is 4.23. The highest BCUT2D eigenvalue weighted by atomic mass is 35.5. The average Bonchev–Trinajstić information content (AvgIpc) is 2.40. The molecule has 1 amide bonds. The van der Waals surface area contributed by atoms with E-state index < -0.39 is 0 Å². The van der Waals surface area contributed by atoms with E-state index in [9.17, 15) is 4.79 Å². The molecule has 0 aliphatic carbocycles. The highest BCUT2D eigenvalue weighted by molar-refractivity contribution is 6.34. The summed E-state index contributed by atoms with van der Waals surface area (Å²) >= 11 is 11.8. The predicted octanol–water partition coefficient (Wildman–Crippen LogP) is 3.82. The van der Waals surface area contributed by atoms with Crippen LogP contribution in [0.4, 0.5) is 5.69 Å². The normalized spacial score (nSPS) is 9.90. The topological polar surface area (TPSA) is 65.8 Å². The summed E-state index contributed by atoms with van der Waals surface area (Å²) in [6.45, 7) is 1.74. The van der Waals surface area contributed by atoms with E-state index in [1.807, 2.05) is 6.07 Å². The number of hydrogen-bond acceptors (Lipinski definition) is 3. The molecule has 1 aromatic carbocycles. The van der Waals surface area contributed by atoms with Crippen molar-refractivity contribution >= 4 is 34.8 Å². The van der Waals surface area contributed by atoms with Crippen LogP contribution >= 0.6 is 23.2 Å². The first-order chi connectivity index (χ1) is 9.49. The molecule has 0 aliphatic heterocycles. The van der Waals surface area contributed by atoms with E-state index >= 15 is 0 Å². The predicted molar refractivity (Wildman–Crippen MR) is 78.1 cm³/mol. The number of anilines is 1. The van der Waals surface area contributed by atoms with Gasteiger partial charge in [-0.05, 0) is 37.3 Å². The van der Waals surface area contributed by atoms with Crippen LogP contribution in [-0.2, 0) is 0 Å². The van der Waals surface area contributed by atoms with Crippen LogP contribution in [0.25, 0.3) is 0 Å². The van der Waals surface area contributed by atoms with Crippen LogP contribution in [0.3, 0.4) is 0 Å². The summed E-state index contributed by atoms with van der Waals surface area (Å²) in [4.78, 5) is 16.1. The number of nitrogens with zero attached hydrogens (tertiary/aromatic N) is 2. The summed E-state index contributed by atoms with van der Waals surface area (Å²) in [7, 11) is 0. The number of amides is 1. The number of carbonyl (C=O) groups excluding carboxylic acids is 1. The van der Waals surface area contributed by atoms with Gasteiger partial charge in [-0.2, -0.15) is 5.26 Å². The van der Waals surface area contributed by atoms with Gasteiger partial charge >= 0.3 is 0 Å². The molecule has 0 atom stereocenters. The fourth-order valence-electron chi connectivity index (χ4n) is 1.64. The standard InChI is InChI=1S/C14H9Cl2N3O/c1-8-4-10(6-13(16)18-8)14(20)19-12-5-9(7-17)2-3-11(12)15/h2-6H,1H3,(H,19,20). The number of nitriles is 1. The first-order valence-corrected chi connectivity index (χ1v) is 6.40. The summed E-state index contributed by atoms with van der Waals surface area (Å²) in [5.74, 6) is -0.366. The number of aromatic nitrogens is 1. The molecule has 0 saturated carbocycles. The first kappa shape index (κ1) is 14.3. The molecule has 2 aromatic rings. The molecule has 4 nitrogen and oxygen atoms in total. The Hall–Kier alpha value is -2.09. The number of carbonyl (C=O) groups is 1. The number of benzene rings is 1. The minimum absolute atomic E-state index is 0.243. The van der Waals surface area contributed by atoms with Gasteiger partial charge in [0.05, 0.1) is 22.3 Å². The molecule has 0 bridgehead atoms. The van der Waals surface area contributed by atoms with Crippen molar-refractivity contribution in [2.75, 3.05) is 5.32 Å². The maximum Gasteiger partial charge on any atom is 0.255 e. The monoisotopic (exact) mass is 305 g/mol. The van der Waals surface area contributed by atoms with E-state index in [1.165, 1.54) is 12.1 Å². The zero-order valence-corrected chi connectivity index (χ0v) is 12.0. The number of hydrogen-bond donors (Lipinski definition) is 1. The van der Waals surface area contributed by atoms with Crippen molar-refractivity contribution in [3.8, 4) is 6.07 Å². The Bertz CT molecular complexity index is 703. The maximum absolute atomic E-state index is 12.1.